The quantitative estimate of drug-likeness (QED) is 0.681. The minimum Gasteiger partial charge on any atom is -0.393 e. The van der Waals surface area contributed by atoms with E-state index >= 15 is 0 Å². The smallest absolute Gasteiger partial charge is 0.220 e. The van der Waals surface area contributed by atoms with Gasteiger partial charge in [-0.05, 0) is 18.9 Å². The van der Waals surface area contributed by atoms with Crippen LogP contribution in [0, 0.1) is 5.82 Å². The van der Waals surface area contributed by atoms with Crippen molar-refractivity contribution in [1.82, 2.24) is 16.0 Å². The van der Waals surface area contributed by atoms with Crippen molar-refractivity contribution in [3.8, 4) is 0 Å². The largest absolute Gasteiger partial charge is 0.393 e. The molecule has 0 fully saturated rings. The van der Waals surface area contributed by atoms with Gasteiger partial charge in [-0.25, -0.2) is 4.39 Å². The molecular weight excluding hydrogens is 257 g/mol. The molecule has 1 rings (SSSR count). The highest BCUT2D eigenvalue weighted by molar-refractivity contribution is 5.75. The molecule has 0 unspecified atom stereocenters. The van der Waals surface area contributed by atoms with Gasteiger partial charge in [0, 0.05) is 44.5 Å². The minimum absolute atomic E-state index is 0.0619. The first-order chi connectivity index (χ1) is 9.67. The molecular formula is C15H22FN3O. The lowest BCUT2D eigenvalue weighted by atomic mass is 10.1. The molecule has 0 saturated heterocycles. The Hall–Kier alpha value is -2.04. The van der Waals surface area contributed by atoms with E-state index in [1.807, 2.05) is 20.3 Å². The number of hydrogen-bond acceptors (Lipinski definition) is 3. The normalized spacial score (nSPS) is 11.1. The Morgan fingerprint density at radius 3 is 2.65 bits per heavy atom. The predicted molar refractivity (Wildman–Crippen MR) is 78.3 cm³/mol. The molecule has 5 heteroatoms. The Balaban J connectivity index is 2.27. The van der Waals surface area contributed by atoms with E-state index in [1.54, 1.807) is 18.2 Å². The van der Waals surface area contributed by atoms with Gasteiger partial charge in [0.05, 0.1) is 0 Å². The van der Waals surface area contributed by atoms with Crippen LogP contribution < -0.4 is 16.0 Å². The summed E-state index contributed by atoms with van der Waals surface area (Å²) in [4.78, 5) is 11.7. The SMILES string of the molecule is CN/C=C(/CCCC(=O)NCc1ccccc1F)NC. The predicted octanol–water partition coefficient (Wildman–Crippen LogP) is 1.89. The van der Waals surface area contributed by atoms with E-state index in [2.05, 4.69) is 16.0 Å². The Kier molecular flexibility index (Phi) is 7.17. The first kappa shape index (κ1) is 16.0. The number of allylic oxidation sites excluding steroid dienone is 1. The lowest BCUT2D eigenvalue weighted by molar-refractivity contribution is -0.121. The van der Waals surface area contributed by atoms with E-state index in [4.69, 9.17) is 0 Å². The summed E-state index contributed by atoms with van der Waals surface area (Å²) in [6.07, 6.45) is 3.84. The summed E-state index contributed by atoms with van der Waals surface area (Å²) in [5.41, 5.74) is 1.56. The maximum Gasteiger partial charge on any atom is 0.220 e. The second-order valence-electron chi connectivity index (χ2n) is 4.43. The van der Waals surface area contributed by atoms with Crippen molar-refractivity contribution in [2.45, 2.75) is 25.8 Å². The molecule has 0 heterocycles. The number of amides is 1. The van der Waals surface area contributed by atoms with Crippen LogP contribution in [0.4, 0.5) is 4.39 Å². The molecule has 1 amide bonds. The van der Waals surface area contributed by atoms with E-state index in [9.17, 15) is 9.18 Å². The third-order valence-corrected chi connectivity index (χ3v) is 2.92. The summed E-state index contributed by atoms with van der Waals surface area (Å²) in [7, 11) is 3.68. The fourth-order valence-corrected chi connectivity index (χ4v) is 1.81. The summed E-state index contributed by atoms with van der Waals surface area (Å²) in [6, 6.07) is 6.45. The Bertz CT molecular complexity index is 460. The summed E-state index contributed by atoms with van der Waals surface area (Å²) in [6.45, 7) is 0.233. The fourth-order valence-electron chi connectivity index (χ4n) is 1.81. The van der Waals surface area contributed by atoms with Crippen LogP contribution in [0.5, 0.6) is 0 Å². The molecule has 0 aliphatic carbocycles. The van der Waals surface area contributed by atoms with Gasteiger partial charge >= 0.3 is 0 Å². The zero-order valence-electron chi connectivity index (χ0n) is 12.0. The van der Waals surface area contributed by atoms with Crippen molar-refractivity contribution in [3.63, 3.8) is 0 Å². The molecule has 1 aromatic rings. The van der Waals surface area contributed by atoms with E-state index in [0.29, 0.717) is 12.0 Å². The van der Waals surface area contributed by atoms with Crippen molar-refractivity contribution in [3.05, 3.63) is 47.5 Å². The summed E-state index contributed by atoms with van der Waals surface area (Å²) < 4.78 is 13.4. The molecule has 1 aromatic carbocycles. The van der Waals surface area contributed by atoms with Gasteiger partial charge in [0.1, 0.15) is 5.82 Å². The van der Waals surface area contributed by atoms with Crippen molar-refractivity contribution >= 4 is 5.91 Å². The van der Waals surface area contributed by atoms with Crippen LogP contribution in [0.15, 0.2) is 36.2 Å². The third kappa shape index (κ3) is 5.73. The van der Waals surface area contributed by atoms with Gasteiger partial charge in [-0.15, -0.1) is 0 Å². The van der Waals surface area contributed by atoms with Gasteiger partial charge in [0.15, 0.2) is 0 Å². The van der Waals surface area contributed by atoms with Gasteiger partial charge < -0.3 is 16.0 Å². The molecule has 110 valence electrons. The van der Waals surface area contributed by atoms with E-state index in [1.165, 1.54) is 6.07 Å². The number of hydrogen-bond donors (Lipinski definition) is 3. The summed E-state index contributed by atoms with van der Waals surface area (Å²) in [5, 5.41) is 8.73. The maximum atomic E-state index is 13.4. The molecule has 0 aromatic heterocycles. The van der Waals surface area contributed by atoms with E-state index in [-0.39, 0.29) is 18.3 Å². The Labute approximate surface area is 119 Å². The number of rotatable bonds is 8. The molecule has 0 radical (unpaired) electrons. The van der Waals surface area contributed by atoms with Gasteiger partial charge in [0.2, 0.25) is 5.91 Å². The molecule has 20 heavy (non-hydrogen) atoms. The monoisotopic (exact) mass is 279 g/mol. The highest BCUT2D eigenvalue weighted by atomic mass is 19.1. The lowest BCUT2D eigenvalue weighted by Gasteiger charge is -2.08. The highest BCUT2D eigenvalue weighted by Gasteiger charge is 2.05. The van der Waals surface area contributed by atoms with Crippen molar-refractivity contribution in [2.75, 3.05) is 14.1 Å². The molecule has 0 spiro atoms. The van der Waals surface area contributed by atoms with Crippen LogP contribution in [0.25, 0.3) is 0 Å². The van der Waals surface area contributed by atoms with E-state index in [0.717, 1.165) is 18.5 Å². The number of nitrogens with one attached hydrogen (secondary N) is 3. The molecule has 0 aliphatic heterocycles. The zero-order chi connectivity index (χ0) is 14.8. The summed E-state index contributed by atoms with van der Waals surface area (Å²) >= 11 is 0. The lowest BCUT2D eigenvalue weighted by Crippen LogP contribution is -2.23. The molecule has 0 atom stereocenters. The summed E-state index contributed by atoms with van der Waals surface area (Å²) in [5.74, 6) is -0.351. The molecule has 4 nitrogen and oxygen atoms in total. The van der Waals surface area contributed by atoms with Crippen LogP contribution in [0.2, 0.25) is 0 Å². The molecule has 0 aliphatic rings. The average Bonchev–Trinajstić information content (AvgIpc) is 2.45. The molecule has 0 saturated carbocycles. The first-order valence-electron chi connectivity index (χ1n) is 6.71. The van der Waals surface area contributed by atoms with E-state index < -0.39 is 0 Å². The van der Waals surface area contributed by atoms with Crippen molar-refractivity contribution in [2.24, 2.45) is 0 Å². The minimum atomic E-state index is -0.290. The van der Waals surface area contributed by atoms with Crippen molar-refractivity contribution in [1.29, 1.82) is 0 Å². The number of carbonyl (C=O) groups excluding carboxylic acids is 1. The zero-order valence-corrected chi connectivity index (χ0v) is 12.0. The van der Waals surface area contributed by atoms with Gasteiger partial charge in [-0.1, -0.05) is 18.2 Å². The maximum absolute atomic E-state index is 13.4. The Morgan fingerprint density at radius 1 is 1.25 bits per heavy atom. The first-order valence-corrected chi connectivity index (χ1v) is 6.71. The van der Waals surface area contributed by atoms with Crippen molar-refractivity contribution < 1.29 is 9.18 Å². The standard InChI is InChI=1S/C15H22FN3O/c1-17-11-13(18-2)7-5-9-15(20)19-10-12-6-3-4-8-14(12)16/h3-4,6,8,11,17-18H,5,7,9-10H2,1-2H3,(H,19,20)/b13-11-. The molecule has 3 N–H and O–H groups in total. The van der Waals surface area contributed by atoms with Crippen LogP contribution >= 0.6 is 0 Å². The van der Waals surface area contributed by atoms with Crippen LogP contribution in [-0.4, -0.2) is 20.0 Å². The van der Waals surface area contributed by atoms with Crippen LogP contribution in [0.3, 0.4) is 0 Å². The number of carbonyl (C=O) groups is 1. The third-order valence-electron chi connectivity index (χ3n) is 2.92. The highest BCUT2D eigenvalue weighted by Crippen LogP contribution is 2.06. The average molecular weight is 279 g/mol. The van der Waals surface area contributed by atoms with Crippen LogP contribution in [0.1, 0.15) is 24.8 Å². The van der Waals surface area contributed by atoms with Gasteiger partial charge in [0.25, 0.3) is 0 Å². The second kappa shape index (κ2) is 8.96. The molecule has 0 bridgehead atoms. The van der Waals surface area contributed by atoms with Crippen LogP contribution in [-0.2, 0) is 11.3 Å². The van der Waals surface area contributed by atoms with Gasteiger partial charge in [-0.2, -0.15) is 0 Å². The second-order valence-corrected chi connectivity index (χ2v) is 4.43. The number of halogens is 1. The van der Waals surface area contributed by atoms with Gasteiger partial charge in [-0.3, -0.25) is 4.79 Å². The topological polar surface area (TPSA) is 53.2 Å². The fraction of sp³-hybridized carbons (Fsp3) is 0.400. The number of benzene rings is 1. The Morgan fingerprint density at radius 2 is 2.00 bits per heavy atom.